The van der Waals surface area contributed by atoms with Gasteiger partial charge in [-0.1, -0.05) is 18.2 Å². The zero-order valence-electron chi connectivity index (χ0n) is 9.76. The maximum absolute atomic E-state index is 11.8. The van der Waals surface area contributed by atoms with Gasteiger partial charge >= 0.3 is 12.0 Å². The standard InChI is InChI=1S/C12H14N2O4/c15-11(16)7-13-12(17)14-5-6-18-10-4-2-1-3-9(10)8-14/h1-4H,5-8H2,(H,13,17)(H,15,16). The summed E-state index contributed by atoms with van der Waals surface area (Å²) in [6, 6.07) is 7.10. The second-order valence-corrected chi connectivity index (χ2v) is 3.93. The number of benzene rings is 1. The molecule has 2 rings (SSSR count). The number of hydrogen-bond donors (Lipinski definition) is 2. The SMILES string of the molecule is O=C(O)CNC(=O)N1CCOc2ccccc2C1. The minimum Gasteiger partial charge on any atom is -0.491 e. The highest BCUT2D eigenvalue weighted by atomic mass is 16.5. The molecule has 0 radical (unpaired) electrons. The molecule has 96 valence electrons. The van der Waals surface area contributed by atoms with Crippen molar-refractivity contribution >= 4 is 12.0 Å². The third kappa shape index (κ3) is 2.91. The molecule has 6 heteroatoms. The van der Waals surface area contributed by atoms with Crippen molar-refractivity contribution in [2.75, 3.05) is 19.7 Å². The molecular weight excluding hydrogens is 236 g/mol. The number of aliphatic carboxylic acids is 1. The summed E-state index contributed by atoms with van der Waals surface area (Å²) < 4.78 is 5.52. The topological polar surface area (TPSA) is 78.9 Å². The molecule has 1 heterocycles. The van der Waals surface area contributed by atoms with Crippen LogP contribution in [0.2, 0.25) is 0 Å². The number of ether oxygens (including phenoxy) is 1. The first-order chi connectivity index (χ1) is 8.66. The van der Waals surface area contributed by atoms with E-state index in [1.165, 1.54) is 4.90 Å². The number of carboxylic acid groups (broad SMARTS) is 1. The van der Waals surface area contributed by atoms with Gasteiger partial charge in [0.25, 0.3) is 0 Å². The minimum absolute atomic E-state index is 0.377. The maximum Gasteiger partial charge on any atom is 0.323 e. The summed E-state index contributed by atoms with van der Waals surface area (Å²) in [6.45, 7) is 0.872. The van der Waals surface area contributed by atoms with E-state index in [2.05, 4.69) is 5.32 Å². The number of nitrogens with zero attached hydrogens (tertiary/aromatic N) is 1. The summed E-state index contributed by atoms with van der Waals surface area (Å²) in [6.07, 6.45) is 0. The molecule has 0 spiro atoms. The Morgan fingerprint density at radius 3 is 2.94 bits per heavy atom. The quantitative estimate of drug-likeness (QED) is 0.808. The largest absolute Gasteiger partial charge is 0.491 e. The third-order valence-electron chi connectivity index (χ3n) is 2.63. The maximum atomic E-state index is 11.8. The Morgan fingerprint density at radius 1 is 1.39 bits per heavy atom. The number of para-hydroxylation sites is 1. The minimum atomic E-state index is -1.06. The van der Waals surface area contributed by atoms with Gasteiger partial charge in [-0.15, -0.1) is 0 Å². The van der Waals surface area contributed by atoms with Crippen molar-refractivity contribution in [1.82, 2.24) is 10.2 Å². The molecule has 0 bridgehead atoms. The Kier molecular flexibility index (Phi) is 3.66. The summed E-state index contributed by atoms with van der Waals surface area (Å²) in [4.78, 5) is 23.7. The molecule has 6 nitrogen and oxygen atoms in total. The van der Waals surface area contributed by atoms with Crippen molar-refractivity contribution in [2.24, 2.45) is 0 Å². The molecule has 18 heavy (non-hydrogen) atoms. The molecule has 0 aromatic heterocycles. The average Bonchev–Trinajstić information content (AvgIpc) is 2.57. The van der Waals surface area contributed by atoms with E-state index in [4.69, 9.17) is 9.84 Å². The van der Waals surface area contributed by atoms with Crippen LogP contribution in [0.4, 0.5) is 4.79 Å². The summed E-state index contributed by atoms with van der Waals surface area (Å²) in [5.41, 5.74) is 0.917. The van der Waals surface area contributed by atoms with Crippen molar-refractivity contribution in [3.63, 3.8) is 0 Å². The van der Waals surface area contributed by atoms with Gasteiger partial charge in [-0.3, -0.25) is 4.79 Å². The van der Waals surface area contributed by atoms with E-state index in [9.17, 15) is 9.59 Å². The number of nitrogens with one attached hydrogen (secondary N) is 1. The number of carboxylic acids is 1. The second-order valence-electron chi connectivity index (χ2n) is 3.93. The molecule has 1 aromatic rings. The van der Waals surface area contributed by atoms with Gasteiger partial charge in [0.15, 0.2) is 0 Å². The lowest BCUT2D eigenvalue weighted by molar-refractivity contribution is -0.135. The van der Waals surface area contributed by atoms with E-state index in [-0.39, 0.29) is 6.54 Å². The molecule has 2 amide bonds. The first kappa shape index (κ1) is 12.2. The van der Waals surface area contributed by atoms with Crippen molar-refractivity contribution in [1.29, 1.82) is 0 Å². The Balaban J connectivity index is 2.03. The molecule has 1 aliphatic heterocycles. The monoisotopic (exact) mass is 250 g/mol. The van der Waals surface area contributed by atoms with Gasteiger partial charge in [-0.2, -0.15) is 0 Å². The fourth-order valence-electron chi connectivity index (χ4n) is 1.76. The number of hydrogen-bond acceptors (Lipinski definition) is 3. The van der Waals surface area contributed by atoms with Crippen LogP contribution in [0.25, 0.3) is 0 Å². The Labute approximate surface area is 104 Å². The average molecular weight is 250 g/mol. The second kappa shape index (κ2) is 5.39. The predicted octanol–water partition coefficient (Wildman–Crippen LogP) is 0.675. The molecule has 0 saturated heterocycles. The van der Waals surface area contributed by atoms with Gasteiger partial charge in [-0.05, 0) is 6.07 Å². The van der Waals surface area contributed by atoms with Crippen molar-refractivity contribution in [3.05, 3.63) is 29.8 Å². The van der Waals surface area contributed by atoms with Crippen LogP contribution in [0.1, 0.15) is 5.56 Å². The van der Waals surface area contributed by atoms with E-state index in [1.54, 1.807) is 0 Å². The smallest absolute Gasteiger partial charge is 0.323 e. The highest BCUT2D eigenvalue weighted by molar-refractivity contribution is 5.80. The van der Waals surface area contributed by atoms with Gasteiger partial charge in [0.05, 0.1) is 13.1 Å². The van der Waals surface area contributed by atoms with E-state index < -0.39 is 12.0 Å². The van der Waals surface area contributed by atoms with Crippen molar-refractivity contribution in [3.8, 4) is 5.75 Å². The lowest BCUT2D eigenvalue weighted by atomic mass is 10.2. The van der Waals surface area contributed by atoms with E-state index in [0.29, 0.717) is 19.7 Å². The fraction of sp³-hybridized carbons (Fsp3) is 0.333. The van der Waals surface area contributed by atoms with Gasteiger partial charge in [0.2, 0.25) is 0 Å². The molecule has 0 unspecified atom stereocenters. The first-order valence-electron chi connectivity index (χ1n) is 5.62. The van der Waals surface area contributed by atoms with Crippen LogP contribution >= 0.6 is 0 Å². The van der Waals surface area contributed by atoms with E-state index in [0.717, 1.165) is 11.3 Å². The molecule has 1 aliphatic rings. The normalized spacial score (nSPS) is 14.1. The molecule has 1 aromatic carbocycles. The molecular formula is C12H14N2O4. The lowest BCUT2D eigenvalue weighted by Gasteiger charge is -2.19. The van der Waals surface area contributed by atoms with Crippen LogP contribution in [-0.2, 0) is 11.3 Å². The highest BCUT2D eigenvalue weighted by Gasteiger charge is 2.19. The number of urea groups is 1. The van der Waals surface area contributed by atoms with E-state index >= 15 is 0 Å². The first-order valence-corrected chi connectivity index (χ1v) is 5.62. The Bertz CT molecular complexity index is 461. The van der Waals surface area contributed by atoms with Crippen LogP contribution in [0.5, 0.6) is 5.75 Å². The van der Waals surface area contributed by atoms with E-state index in [1.807, 2.05) is 24.3 Å². The van der Waals surface area contributed by atoms with Crippen LogP contribution in [-0.4, -0.2) is 41.7 Å². The van der Waals surface area contributed by atoms with Gasteiger partial charge < -0.3 is 20.1 Å². The molecule has 0 atom stereocenters. The summed E-state index contributed by atoms with van der Waals surface area (Å²) >= 11 is 0. The summed E-state index contributed by atoms with van der Waals surface area (Å²) in [5.74, 6) is -0.291. The number of carbonyl (C=O) groups excluding carboxylic acids is 1. The Hall–Kier alpha value is -2.24. The summed E-state index contributed by atoms with van der Waals surface area (Å²) in [5, 5.41) is 10.9. The molecule has 2 N–H and O–H groups in total. The number of amides is 2. The number of rotatable bonds is 2. The highest BCUT2D eigenvalue weighted by Crippen LogP contribution is 2.22. The summed E-state index contributed by atoms with van der Waals surface area (Å²) in [7, 11) is 0. The molecule has 0 saturated carbocycles. The molecule has 0 aliphatic carbocycles. The molecule has 0 fully saturated rings. The van der Waals surface area contributed by atoms with Crippen LogP contribution < -0.4 is 10.1 Å². The van der Waals surface area contributed by atoms with Crippen molar-refractivity contribution in [2.45, 2.75) is 6.54 Å². The zero-order valence-corrected chi connectivity index (χ0v) is 9.76. The fourth-order valence-corrected chi connectivity index (χ4v) is 1.76. The van der Waals surface area contributed by atoms with Gasteiger partial charge in [0.1, 0.15) is 18.9 Å². The third-order valence-corrected chi connectivity index (χ3v) is 2.63. The zero-order chi connectivity index (χ0) is 13.0. The number of fused-ring (bicyclic) bond motifs is 1. The Morgan fingerprint density at radius 2 is 2.17 bits per heavy atom. The lowest BCUT2D eigenvalue weighted by Crippen LogP contribution is -2.42. The van der Waals surface area contributed by atoms with Crippen molar-refractivity contribution < 1.29 is 19.4 Å². The predicted molar refractivity (Wildman–Crippen MR) is 63.4 cm³/mol. The van der Waals surface area contributed by atoms with Gasteiger partial charge in [-0.25, -0.2) is 4.79 Å². The van der Waals surface area contributed by atoms with Crippen LogP contribution in [0.15, 0.2) is 24.3 Å². The van der Waals surface area contributed by atoms with Gasteiger partial charge in [0, 0.05) is 5.56 Å². The van der Waals surface area contributed by atoms with Crippen LogP contribution in [0, 0.1) is 0 Å². The van der Waals surface area contributed by atoms with Crippen LogP contribution in [0.3, 0.4) is 0 Å². The number of carbonyl (C=O) groups is 2.